The van der Waals surface area contributed by atoms with Crippen LogP contribution in [0.4, 0.5) is 0 Å². The van der Waals surface area contributed by atoms with Gasteiger partial charge in [-0.1, -0.05) is 0 Å². The topological polar surface area (TPSA) is 81.4 Å². The lowest BCUT2D eigenvalue weighted by molar-refractivity contribution is -0.142. The van der Waals surface area contributed by atoms with E-state index in [1.807, 2.05) is 0 Å². The molecule has 0 amide bonds. The lowest BCUT2D eigenvalue weighted by atomic mass is 10.0. The van der Waals surface area contributed by atoms with Crippen molar-refractivity contribution in [3.8, 4) is 0 Å². The quantitative estimate of drug-likeness (QED) is 0.741. The Hall–Kier alpha value is -1.85. The maximum Gasteiger partial charge on any atom is 0.306 e. The number of carbonyl (C=O) groups excluding carboxylic acids is 1. The fourth-order valence-corrected chi connectivity index (χ4v) is 1.52. The monoisotopic (exact) mass is 226 g/mol. The van der Waals surface area contributed by atoms with E-state index in [0.717, 1.165) is 0 Å². The summed E-state index contributed by atoms with van der Waals surface area (Å²) in [6, 6.07) is 0. The van der Waals surface area contributed by atoms with Gasteiger partial charge in [-0.25, -0.2) is 4.98 Å². The zero-order valence-electron chi connectivity index (χ0n) is 9.21. The van der Waals surface area contributed by atoms with E-state index in [1.165, 1.54) is 7.11 Å². The number of carboxylic acids is 1. The number of rotatable bonds is 5. The smallest absolute Gasteiger partial charge is 0.306 e. The molecule has 0 aromatic carbocycles. The van der Waals surface area contributed by atoms with E-state index in [2.05, 4.69) is 9.72 Å². The Morgan fingerprint density at radius 1 is 1.56 bits per heavy atom. The predicted molar refractivity (Wildman–Crippen MR) is 54.8 cm³/mol. The Balaban J connectivity index is 2.83. The van der Waals surface area contributed by atoms with Gasteiger partial charge < -0.3 is 14.4 Å². The third-order valence-corrected chi connectivity index (χ3v) is 2.29. The number of imidazole rings is 1. The standard InChI is InChI=1S/C10H14N2O4/c1-12-4-3-11-10(12)7(5-8(13)14)6-9(15)16-2/h3-4,7H,5-6H2,1-2H3,(H,13,14). The Kier molecular flexibility index (Phi) is 4.04. The van der Waals surface area contributed by atoms with Crippen molar-refractivity contribution >= 4 is 11.9 Å². The predicted octanol–water partition coefficient (Wildman–Crippen LogP) is 0.541. The molecule has 0 aliphatic carbocycles. The van der Waals surface area contributed by atoms with Gasteiger partial charge in [-0.3, -0.25) is 9.59 Å². The van der Waals surface area contributed by atoms with Crippen molar-refractivity contribution in [3.05, 3.63) is 18.2 Å². The van der Waals surface area contributed by atoms with Crippen LogP contribution in [0.25, 0.3) is 0 Å². The summed E-state index contributed by atoms with van der Waals surface area (Å²) >= 11 is 0. The first kappa shape index (κ1) is 12.2. The zero-order chi connectivity index (χ0) is 12.1. The molecule has 1 atom stereocenters. The number of carbonyl (C=O) groups is 2. The summed E-state index contributed by atoms with van der Waals surface area (Å²) in [7, 11) is 3.03. The highest BCUT2D eigenvalue weighted by Gasteiger charge is 2.22. The average molecular weight is 226 g/mol. The Morgan fingerprint density at radius 3 is 2.69 bits per heavy atom. The van der Waals surface area contributed by atoms with Crippen molar-refractivity contribution in [2.45, 2.75) is 18.8 Å². The number of hydrogen-bond donors (Lipinski definition) is 1. The number of carboxylic acid groups (broad SMARTS) is 1. The van der Waals surface area contributed by atoms with Gasteiger partial charge in [-0.2, -0.15) is 0 Å². The van der Waals surface area contributed by atoms with E-state index in [1.54, 1.807) is 24.0 Å². The molecule has 0 saturated carbocycles. The molecule has 0 spiro atoms. The number of nitrogens with zero attached hydrogens (tertiary/aromatic N) is 2. The molecule has 1 heterocycles. The summed E-state index contributed by atoms with van der Waals surface area (Å²) in [5, 5.41) is 8.77. The van der Waals surface area contributed by atoms with Gasteiger partial charge in [0.1, 0.15) is 5.82 Å². The van der Waals surface area contributed by atoms with Crippen LogP contribution in [0.15, 0.2) is 12.4 Å². The van der Waals surface area contributed by atoms with E-state index in [4.69, 9.17) is 5.11 Å². The molecule has 0 saturated heterocycles. The second-order valence-electron chi connectivity index (χ2n) is 3.47. The van der Waals surface area contributed by atoms with Crippen LogP contribution >= 0.6 is 0 Å². The molecule has 0 aliphatic heterocycles. The molecule has 0 aliphatic rings. The van der Waals surface area contributed by atoms with Crippen LogP contribution in [-0.2, 0) is 21.4 Å². The molecule has 88 valence electrons. The zero-order valence-corrected chi connectivity index (χ0v) is 9.21. The van der Waals surface area contributed by atoms with E-state index in [9.17, 15) is 9.59 Å². The molecule has 1 N–H and O–H groups in total. The molecular weight excluding hydrogens is 212 g/mol. The molecule has 6 heteroatoms. The molecule has 6 nitrogen and oxygen atoms in total. The van der Waals surface area contributed by atoms with Gasteiger partial charge in [0.2, 0.25) is 0 Å². The second-order valence-corrected chi connectivity index (χ2v) is 3.47. The number of aryl methyl sites for hydroxylation is 1. The Bertz CT molecular complexity index is 386. The second kappa shape index (κ2) is 5.29. The van der Waals surface area contributed by atoms with E-state index < -0.39 is 17.9 Å². The molecule has 0 bridgehead atoms. The number of aromatic nitrogens is 2. The number of ether oxygens (including phenoxy) is 1. The maximum absolute atomic E-state index is 11.2. The van der Waals surface area contributed by atoms with Crippen molar-refractivity contribution in [1.29, 1.82) is 0 Å². The molecule has 1 aromatic heterocycles. The molecule has 1 unspecified atom stereocenters. The van der Waals surface area contributed by atoms with Crippen LogP contribution in [0.3, 0.4) is 0 Å². The summed E-state index contributed by atoms with van der Waals surface area (Å²) in [4.78, 5) is 25.9. The lowest BCUT2D eigenvalue weighted by Crippen LogP contribution is -2.16. The van der Waals surface area contributed by atoms with Crippen molar-refractivity contribution < 1.29 is 19.4 Å². The molecule has 16 heavy (non-hydrogen) atoms. The van der Waals surface area contributed by atoms with Crippen LogP contribution in [0, 0.1) is 0 Å². The minimum absolute atomic E-state index is 0.0215. The minimum Gasteiger partial charge on any atom is -0.481 e. The van der Waals surface area contributed by atoms with Crippen molar-refractivity contribution in [2.24, 2.45) is 7.05 Å². The fourth-order valence-electron chi connectivity index (χ4n) is 1.52. The average Bonchev–Trinajstić information content (AvgIpc) is 2.62. The fraction of sp³-hybridized carbons (Fsp3) is 0.500. The molecule has 1 rings (SSSR count). The normalized spacial score (nSPS) is 12.1. The molecule has 0 radical (unpaired) electrons. The molecule has 1 aromatic rings. The van der Waals surface area contributed by atoms with Gasteiger partial charge in [0.05, 0.1) is 20.0 Å². The number of hydrogen-bond acceptors (Lipinski definition) is 4. The largest absolute Gasteiger partial charge is 0.481 e. The first-order valence-corrected chi connectivity index (χ1v) is 4.80. The molecular formula is C10H14N2O4. The van der Waals surface area contributed by atoms with Crippen LogP contribution in [-0.4, -0.2) is 33.7 Å². The number of esters is 1. The molecule has 0 fully saturated rings. The van der Waals surface area contributed by atoms with Crippen molar-refractivity contribution in [3.63, 3.8) is 0 Å². The highest BCUT2D eigenvalue weighted by atomic mass is 16.5. The first-order chi connectivity index (χ1) is 7.54. The Labute approximate surface area is 92.9 Å². The maximum atomic E-state index is 11.2. The van der Waals surface area contributed by atoms with E-state index in [0.29, 0.717) is 5.82 Å². The SMILES string of the molecule is COC(=O)CC(CC(=O)O)c1nccn1C. The van der Waals surface area contributed by atoms with Crippen molar-refractivity contribution in [2.75, 3.05) is 7.11 Å². The van der Waals surface area contributed by atoms with Crippen LogP contribution in [0.1, 0.15) is 24.6 Å². The lowest BCUT2D eigenvalue weighted by Gasteiger charge is -2.13. The van der Waals surface area contributed by atoms with E-state index >= 15 is 0 Å². The number of aliphatic carboxylic acids is 1. The summed E-state index contributed by atoms with van der Waals surface area (Å²) in [5.41, 5.74) is 0. The van der Waals surface area contributed by atoms with Gasteiger partial charge >= 0.3 is 11.9 Å². The van der Waals surface area contributed by atoms with Gasteiger partial charge in [0, 0.05) is 25.4 Å². The highest BCUT2D eigenvalue weighted by molar-refractivity contribution is 5.73. The summed E-state index contributed by atoms with van der Waals surface area (Å²) in [6.45, 7) is 0. The number of methoxy groups -OCH3 is 1. The van der Waals surface area contributed by atoms with Crippen molar-refractivity contribution in [1.82, 2.24) is 9.55 Å². The first-order valence-electron chi connectivity index (χ1n) is 4.80. The summed E-state index contributed by atoms with van der Waals surface area (Å²) in [5.74, 6) is -1.27. The van der Waals surface area contributed by atoms with Gasteiger partial charge in [-0.05, 0) is 0 Å². The van der Waals surface area contributed by atoms with Gasteiger partial charge in [-0.15, -0.1) is 0 Å². The van der Waals surface area contributed by atoms with Crippen LogP contribution in [0.2, 0.25) is 0 Å². The third-order valence-electron chi connectivity index (χ3n) is 2.29. The van der Waals surface area contributed by atoms with E-state index in [-0.39, 0.29) is 12.8 Å². The van der Waals surface area contributed by atoms with Crippen LogP contribution < -0.4 is 0 Å². The van der Waals surface area contributed by atoms with Gasteiger partial charge in [0.25, 0.3) is 0 Å². The summed E-state index contributed by atoms with van der Waals surface area (Å²) < 4.78 is 6.24. The summed E-state index contributed by atoms with van der Waals surface area (Å²) in [6.07, 6.45) is 3.16. The third kappa shape index (κ3) is 3.08. The minimum atomic E-state index is -0.961. The Morgan fingerprint density at radius 2 is 2.25 bits per heavy atom. The van der Waals surface area contributed by atoms with Crippen LogP contribution in [0.5, 0.6) is 0 Å². The highest BCUT2D eigenvalue weighted by Crippen LogP contribution is 2.21. The van der Waals surface area contributed by atoms with Gasteiger partial charge in [0.15, 0.2) is 0 Å².